The molecule has 0 spiro atoms. The molecule has 0 bridgehead atoms. The fraction of sp³-hybridized carbons (Fsp3) is 0.0500. The number of benzene rings is 2. The average Bonchev–Trinajstić information content (AvgIpc) is 3.03. The maximum Gasteiger partial charge on any atom is 0.200 e. The molecule has 0 amide bonds. The summed E-state index contributed by atoms with van der Waals surface area (Å²) in [6.45, 7) is 0.487. The van der Waals surface area contributed by atoms with Crippen molar-refractivity contribution < 1.29 is 15.3 Å². The first-order chi connectivity index (χ1) is 13.0. The molecule has 2 heterocycles. The fourth-order valence-electron chi connectivity index (χ4n) is 2.95. The summed E-state index contributed by atoms with van der Waals surface area (Å²) < 4.78 is 1.85. The van der Waals surface area contributed by atoms with Gasteiger partial charge < -0.3 is 20.6 Å². The van der Waals surface area contributed by atoms with Gasteiger partial charge in [-0.25, -0.2) is 4.98 Å². The minimum absolute atomic E-state index is 0.308. The number of phenolic OH excluding ortho intramolecular Hbond substituents is 3. The van der Waals surface area contributed by atoms with Gasteiger partial charge in [-0.3, -0.25) is 4.40 Å². The number of fused-ring (bicyclic) bond motifs is 1. The van der Waals surface area contributed by atoms with Crippen LogP contribution in [0.3, 0.4) is 0 Å². The van der Waals surface area contributed by atoms with Crippen molar-refractivity contribution in [2.75, 3.05) is 5.32 Å². The summed E-state index contributed by atoms with van der Waals surface area (Å²) in [4.78, 5) is 4.57. The monoisotopic (exact) mass is 381 g/mol. The summed E-state index contributed by atoms with van der Waals surface area (Å²) in [6, 6.07) is 15.9. The molecule has 0 fully saturated rings. The Hall–Kier alpha value is -3.38. The number of rotatable bonds is 4. The Morgan fingerprint density at radius 2 is 1.81 bits per heavy atom. The van der Waals surface area contributed by atoms with Crippen LogP contribution in [-0.2, 0) is 6.54 Å². The highest BCUT2D eigenvalue weighted by atomic mass is 35.5. The van der Waals surface area contributed by atoms with Crippen LogP contribution in [0.25, 0.3) is 16.9 Å². The van der Waals surface area contributed by atoms with Gasteiger partial charge in [-0.05, 0) is 42.0 Å². The highest BCUT2D eigenvalue weighted by Gasteiger charge is 2.20. The quantitative estimate of drug-likeness (QED) is 0.394. The minimum Gasteiger partial charge on any atom is -0.504 e. The molecule has 2 aromatic carbocycles. The Bertz CT molecular complexity index is 1140. The molecular formula is C20H16ClN3O3. The third kappa shape index (κ3) is 3.11. The summed E-state index contributed by atoms with van der Waals surface area (Å²) in [7, 11) is 0. The van der Waals surface area contributed by atoms with Crippen LogP contribution in [-0.4, -0.2) is 24.7 Å². The van der Waals surface area contributed by atoms with Crippen molar-refractivity contribution in [1.29, 1.82) is 0 Å². The Labute approximate surface area is 159 Å². The summed E-state index contributed by atoms with van der Waals surface area (Å²) in [5.74, 6) is -0.756. The zero-order valence-electron chi connectivity index (χ0n) is 14.1. The zero-order valence-corrected chi connectivity index (χ0v) is 14.9. The van der Waals surface area contributed by atoms with E-state index in [0.717, 1.165) is 5.56 Å². The molecule has 4 N–H and O–H groups in total. The number of anilines is 1. The van der Waals surface area contributed by atoms with Gasteiger partial charge in [-0.15, -0.1) is 0 Å². The smallest absolute Gasteiger partial charge is 0.200 e. The standard InChI is InChI=1S/C20H16ClN3O3/c21-13-5-3-4-12(10-13)11-22-20-17(23-16-6-1-2-9-24(16)20)14-7-8-15(25)19(27)18(14)26/h1-10,22,25-27H,11H2. The molecule has 0 unspecified atom stereocenters. The van der Waals surface area contributed by atoms with Gasteiger partial charge in [0.15, 0.2) is 11.5 Å². The molecule has 0 atom stereocenters. The minimum atomic E-state index is -0.578. The number of phenols is 3. The SMILES string of the molecule is Oc1ccc(-c2nc3ccccn3c2NCc2cccc(Cl)c2)c(O)c1O. The molecule has 0 aliphatic heterocycles. The molecule has 0 aliphatic rings. The Balaban J connectivity index is 1.81. The van der Waals surface area contributed by atoms with Crippen molar-refractivity contribution in [3.8, 4) is 28.5 Å². The van der Waals surface area contributed by atoms with E-state index in [-0.39, 0.29) is 0 Å². The zero-order chi connectivity index (χ0) is 19.0. The molecule has 136 valence electrons. The Morgan fingerprint density at radius 3 is 2.63 bits per heavy atom. The van der Waals surface area contributed by atoms with Gasteiger partial charge in [0.2, 0.25) is 5.75 Å². The molecule has 2 aromatic heterocycles. The first-order valence-corrected chi connectivity index (χ1v) is 8.62. The average molecular weight is 382 g/mol. The van der Waals surface area contributed by atoms with E-state index in [2.05, 4.69) is 10.3 Å². The van der Waals surface area contributed by atoms with Crippen molar-refractivity contribution in [3.05, 3.63) is 71.4 Å². The highest BCUT2D eigenvalue weighted by molar-refractivity contribution is 6.30. The van der Waals surface area contributed by atoms with Crippen molar-refractivity contribution in [3.63, 3.8) is 0 Å². The van der Waals surface area contributed by atoms with E-state index in [1.165, 1.54) is 12.1 Å². The molecule has 0 saturated carbocycles. The maximum absolute atomic E-state index is 10.3. The van der Waals surface area contributed by atoms with Crippen LogP contribution in [0.2, 0.25) is 5.02 Å². The van der Waals surface area contributed by atoms with E-state index >= 15 is 0 Å². The molecule has 0 radical (unpaired) electrons. The number of hydrogen-bond acceptors (Lipinski definition) is 5. The number of imidazole rings is 1. The Kier molecular flexibility index (Phi) is 4.25. The van der Waals surface area contributed by atoms with E-state index in [4.69, 9.17) is 11.6 Å². The second kappa shape index (κ2) is 6.74. The molecule has 4 rings (SSSR count). The van der Waals surface area contributed by atoms with Gasteiger partial charge in [0.25, 0.3) is 0 Å². The predicted octanol–water partition coefficient (Wildman–Crippen LogP) is 4.38. The van der Waals surface area contributed by atoms with Crippen molar-refractivity contribution >= 4 is 23.1 Å². The largest absolute Gasteiger partial charge is 0.504 e. The van der Waals surface area contributed by atoms with Crippen LogP contribution in [0.1, 0.15) is 5.56 Å². The number of aromatic nitrogens is 2. The first-order valence-electron chi connectivity index (χ1n) is 8.24. The summed E-state index contributed by atoms with van der Waals surface area (Å²) in [5, 5.41) is 33.7. The van der Waals surface area contributed by atoms with E-state index in [1.807, 2.05) is 53.1 Å². The second-order valence-electron chi connectivity index (χ2n) is 6.05. The normalized spacial score (nSPS) is 11.0. The number of aromatic hydroxyl groups is 3. The van der Waals surface area contributed by atoms with Gasteiger partial charge in [-0.1, -0.05) is 29.8 Å². The molecule has 27 heavy (non-hydrogen) atoms. The van der Waals surface area contributed by atoms with E-state index < -0.39 is 17.2 Å². The van der Waals surface area contributed by atoms with Crippen LogP contribution in [0, 0.1) is 0 Å². The fourth-order valence-corrected chi connectivity index (χ4v) is 3.16. The third-order valence-electron chi connectivity index (χ3n) is 4.26. The van der Waals surface area contributed by atoms with Crippen molar-refractivity contribution in [2.45, 2.75) is 6.54 Å². The van der Waals surface area contributed by atoms with Crippen LogP contribution in [0.15, 0.2) is 60.8 Å². The number of halogens is 1. The Morgan fingerprint density at radius 1 is 0.963 bits per heavy atom. The van der Waals surface area contributed by atoms with Gasteiger partial charge >= 0.3 is 0 Å². The summed E-state index contributed by atoms with van der Waals surface area (Å²) >= 11 is 6.05. The van der Waals surface area contributed by atoms with Gasteiger partial charge in [0.05, 0.1) is 0 Å². The van der Waals surface area contributed by atoms with Crippen molar-refractivity contribution in [2.24, 2.45) is 0 Å². The molecule has 0 aliphatic carbocycles. The lowest BCUT2D eigenvalue weighted by atomic mass is 10.1. The molecule has 4 aromatic rings. The van der Waals surface area contributed by atoms with E-state index in [1.54, 1.807) is 0 Å². The molecule has 7 heteroatoms. The first kappa shape index (κ1) is 17.1. The third-order valence-corrected chi connectivity index (χ3v) is 4.50. The van der Waals surface area contributed by atoms with Gasteiger partial charge in [0.1, 0.15) is 17.2 Å². The summed E-state index contributed by atoms with van der Waals surface area (Å²) in [5.41, 5.74) is 2.42. The lowest BCUT2D eigenvalue weighted by Gasteiger charge is -2.11. The topological polar surface area (TPSA) is 90.0 Å². The van der Waals surface area contributed by atoms with Crippen LogP contribution in [0.4, 0.5) is 5.82 Å². The van der Waals surface area contributed by atoms with Crippen LogP contribution in [0.5, 0.6) is 17.2 Å². The van der Waals surface area contributed by atoms with Crippen LogP contribution >= 0.6 is 11.6 Å². The molecule has 6 nitrogen and oxygen atoms in total. The number of nitrogens with one attached hydrogen (secondary N) is 1. The number of pyridine rings is 1. The summed E-state index contributed by atoms with van der Waals surface area (Å²) in [6.07, 6.45) is 1.85. The highest BCUT2D eigenvalue weighted by Crippen LogP contribution is 2.44. The lowest BCUT2D eigenvalue weighted by molar-refractivity contribution is 0.369. The molecule has 0 saturated heterocycles. The lowest BCUT2D eigenvalue weighted by Crippen LogP contribution is -2.03. The number of nitrogens with zero attached hydrogens (tertiary/aromatic N) is 2. The predicted molar refractivity (Wildman–Crippen MR) is 104 cm³/mol. The van der Waals surface area contributed by atoms with E-state index in [0.29, 0.717) is 34.3 Å². The molecular weight excluding hydrogens is 366 g/mol. The number of hydrogen-bond donors (Lipinski definition) is 4. The van der Waals surface area contributed by atoms with Gasteiger partial charge in [-0.2, -0.15) is 0 Å². The van der Waals surface area contributed by atoms with E-state index in [9.17, 15) is 15.3 Å². The van der Waals surface area contributed by atoms with Crippen molar-refractivity contribution in [1.82, 2.24) is 9.38 Å². The van der Waals surface area contributed by atoms with Crippen LogP contribution < -0.4 is 5.32 Å². The maximum atomic E-state index is 10.3. The second-order valence-corrected chi connectivity index (χ2v) is 6.49. The van der Waals surface area contributed by atoms with Gasteiger partial charge in [0, 0.05) is 23.3 Å².